The van der Waals surface area contributed by atoms with Crippen molar-refractivity contribution in [2.24, 2.45) is 11.5 Å². The molecule has 0 amide bonds. The first-order chi connectivity index (χ1) is 10.5. The van der Waals surface area contributed by atoms with Crippen LogP contribution in [0.25, 0.3) is 10.9 Å². The van der Waals surface area contributed by atoms with Crippen LogP contribution in [-0.4, -0.2) is 16.7 Å². The Balaban J connectivity index is 0.000000232. The maximum atomic E-state index is 7.20. The third-order valence-corrected chi connectivity index (χ3v) is 3.36. The summed E-state index contributed by atoms with van der Waals surface area (Å²) in [4.78, 5) is 3.12. The first-order valence-electron chi connectivity index (χ1n) is 6.49. The molecule has 0 spiro atoms. The highest BCUT2D eigenvalue weighted by Gasteiger charge is 2.05. The molecule has 2 aromatic carbocycles. The molecule has 7 heteroatoms. The molecule has 0 aliphatic carbocycles. The van der Waals surface area contributed by atoms with Gasteiger partial charge in [0.25, 0.3) is 0 Å². The fourth-order valence-electron chi connectivity index (χ4n) is 1.89. The lowest BCUT2D eigenvalue weighted by Gasteiger charge is -2.04. The lowest BCUT2D eigenvalue weighted by Crippen LogP contribution is -2.15. The monoisotopic (exact) mass is 349 g/mol. The molecule has 0 aliphatic heterocycles. The summed E-state index contributed by atoms with van der Waals surface area (Å²) in [6.07, 6.45) is 1.95. The van der Waals surface area contributed by atoms with Crippen LogP contribution in [0.4, 0.5) is 0 Å². The quantitative estimate of drug-likeness (QED) is 0.359. The zero-order valence-corrected chi connectivity index (χ0v) is 13.7. The summed E-state index contributed by atoms with van der Waals surface area (Å²) in [6, 6.07) is 15.0. The van der Waals surface area contributed by atoms with Gasteiger partial charge in [-0.15, -0.1) is 12.4 Å². The van der Waals surface area contributed by atoms with Crippen LogP contribution in [0, 0.1) is 10.8 Å². The number of hydrogen-bond acceptors (Lipinski definition) is 2. The largest absolute Gasteiger partial charge is 0.384 e. The number of amidine groups is 2. The standard InChI is InChI=1S/C8H9ClN4.C8H7N.ClH/c9-6-2-1-4(7(10)11)3-5(6)8(12)13;1-2-4-8-7(3-1)5-6-9-8;/h1-3H,(H3,10,11)(H3,12,13);1-6,9H;1H. The van der Waals surface area contributed by atoms with Crippen molar-refractivity contribution in [3.8, 4) is 0 Å². The zero-order chi connectivity index (χ0) is 16.1. The first-order valence-corrected chi connectivity index (χ1v) is 6.87. The molecule has 0 aliphatic rings. The van der Waals surface area contributed by atoms with Gasteiger partial charge < -0.3 is 16.5 Å². The second-order valence-corrected chi connectivity index (χ2v) is 4.99. The van der Waals surface area contributed by atoms with Gasteiger partial charge >= 0.3 is 0 Å². The van der Waals surface area contributed by atoms with Crippen molar-refractivity contribution in [3.63, 3.8) is 0 Å². The van der Waals surface area contributed by atoms with Crippen LogP contribution in [0.15, 0.2) is 54.7 Å². The van der Waals surface area contributed by atoms with E-state index >= 15 is 0 Å². The molecule has 23 heavy (non-hydrogen) atoms. The number of H-pyrrole nitrogens is 1. The molecule has 1 aromatic heterocycles. The van der Waals surface area contributed by atoms with Gasteiger partial charge in [-0.25, -0.2) is 0 Å². The number of fused-ring (bicyclic) bond motifs is 1. The minimum Gasteiger partial charge on any atom is -0.384 e. The van der Waals surface area contributed by atoms with Gasteiger partial charge in [0.15, 0.2) is 0 Å². The van der Waals surface area contributed by atoms with E-state index in [0.717, 1.165) is 0 Å². The number of aromatic nitrogens is 1. The Bertz CT molecular complexity index is 796. The number of halogens is 2. The van der Waals surface area contributed by atoms with Crippen molar-refractivity contribution in [1.82, 2.24) is 4.98 Å². The molecule has 0 saturated heterocycles. The number of benzene rings is 2. The SMILES string of the molecule is Cl.N=C(N)c1ccc(Cl)c(C(=N)N)c1.c1ccc2[nH]ccc2c1. The summed E-state index contributed by atoms with van der Waals surface area (Å²) in [5.41, 5.74) is 12.6. The Kier molecular flexibility index (Phi) is 6.63. The highest BCUT2D eigenvalue weighted by atomic mass is 35.5. The minimum atomic E-state index is -0.131. The summed E-state index contributed by atoms with van der Waals surface area (Å²) in [5, 5.41) is 16.0. The second kappa shape index (κ2) is 8.22. The van der Waals surface area contributed by atoms with E-state index in [2.05, 4.69) is 23.2 Å². The van der Waals surface area contributed by atoms with Gasteiger partial charge in [0.2, 0.25) is 0 Å². The zero-order valence-electron chi connectivity index (χ0n) is 12.1. The predicted molar refractivity (Wildman–Crippen MR) is 99.0 cm³/mol. The van der Waals surface area contributed by atoms with Crippen LogP contribution < -0.4 is 11.5 Å². The van der Waals surface area contributed by atoms with Crippen LogP contribution in [0.2, 0.25) is 5.02 Å². The van der Waals surface area contributed by atoms with Crippen LogP contribution >= 0.6 is 24.0 Å². The Morgan fingerprint density at radius 2 is 1.65 bits per heavy atom. The van der Waals surface area contributed by atoms with E-state index < -0.39 is 0 Å². The topological polar surface area (TPSA) is 116 Å². The lowest BCUT2D eigenvalue weighted by atomic mass is 10.1. The van der Waals surface area contributed by atoms with Crippen LogP contribution in [-0.2, 0) is 0 Å². The summed E-state index contributed by atoms with van der Waals surface area (Å²) < 4.78 is 0. The summed E-state index contributed by atoms with van der Waals surface area (Å²) in [6.45, 7) is 0. The molecular weight excluding hydrogens is 333 g/mol. The number of nitrogens with two attached hydrogens (primary N) is 2. The van der Waals surface area contributed by atoms with Gasteiger partial charge in [-0.2, -0.15) is 0 Å². The van der Waals surface area contributed by atoms with Crippen molar-refractivity contribution >= 4 is 46.6 Å². The summed E-state index contributed by atoms with van der Waals surface area (Å²) in [5.74, 6) is -0.202. The van der Waals surface area contributed by atoms with E-state index in [9.17, 15) is 0 Å². The molecule has 5 nitrogen and oxygen atoms in total. The van der Waals surface area contributed by atoms with Crippen molar-refractivity contribution in [2.75, 3.05) is 0 Å². The third kappa shape index (κ3) is 4.74. The van der Waals surface area contributed by atoms with E-state index in [0.29, 0.717) is 16.1 Å². The highest BCUT2D eigenvalue weighted by molar-refractivity contribution is 6.34. The first kappa shape index (κ1) is 18.5. The van der Waals surface area contributed by atoms with E-state index in [1.165, 1.54) is 17.0 Å². The molecule has 0 bridgehead atoms. The summed E-state index contributed by atoms with van der Waals surface area (Å²) >= 11 is 5.76. The van der Waals surface area contributed by atoms with Gasteiger partial charge in [0.05, 0.1) is 5.02 Å². The van der Waals surface area contributed by atoms with Gasteiger partial charge in [-0.3, -0.25) is 10.8 Å². The van der Waals surface area contributed by atoms with Gasteiger partial charge in [-0.05, 0) is 35.7 Å². The number of rotatable bonds is 2. The molecule has 0 unspecified atom stereocenters. The molecule has 120 valence electrons. The Morgan fingerprint density at radius 1 is 0.957 bits per heavy atom. The molecule has 7 N–H and O–H groups in total. The number of aromatic amines is 1. The molecule has 0 radical (unpaired) electrons. The number of hydrogen-bond donors (Lipinski definition) is 5. The molecule has 0 fully saturated rings. The Morgan fingerprint density at radius 3 is 2.26 bits per heavy atom. The second-order valence-electron chi connectivity index (χ2n) is 4.59. The van der Waals surface area contributed by atoms with Gasteiger partial charge in [0.1, 0.15) is 11.7 Å². The maximum Gasteiger partial charge on any atom is 0.124 e. The van der Waals surface area contributed by atoms with Crippen molar-refractivity contribution in [2.45, 2.75) is 0 Å². The fourth-order valence-corrected chi connectivity index (χ4v) is 2.11. The number of nitrogen functional groups attached to an aromatic ring is 2. The molecule has 1 heterocycles. The van der Waals surface area contributed by atoms with Crippen LogP contribution in [0.1, 0.15) is 11.1 Å². The van der Waals surface area contributed by atoms with Gasteiger partial charge in [0, 0.05) is 22.8 Å². The van der Waals surface area contributed by atoms with Crippen LogP contribution in [0.5, 0.6) is 0 Å². The molecular formula is C16H17Cl2N5. The predicted octanol–water partition coefficient (Wildman–Crippen LogP) is 3.50. The normalized spacial score (nSPS) is 9.43. The smallest absolute Gasteiger partial charge is 0.124 e. The van der Waals surface area contributed by atoms with Crippen LogP contribution in [0.3, 0.4) is 0 Å². The molecule has 3 rings (SSSR count). The average Bonchev–Trinajstić information content (AvgIpc) is 2.96. The maximum absolute atomic E-state index is 7.20. The van der Waals surface area contributed by atoms with E-state index in [1.807, 2.05) is 18.3 Å². The molecule has 0 saturated carbocycles. The number of para-hydroxylation sites is 1. The van der Waals surface area contributed by atoms with E-state index in [1.54, 1.807) is 12.1 Å². The Labute approximate surface area is 145 Å². The highest BCUT2D eigenvalue weighted by Crippen LogP contribution is 2.16. The van der Waals surface area contributed by atoms with Crippen molar-refractivity contribution in [1.29, 1.82) is 10.8 Å². The lowest BCUT2D eigenvalue weighted by molar-refractivity contribution is 1.39. The van der Waals surface area contributed by atoms with Gasteiger partial charge in [-0.1, -0.05) is 29.8 Å². The molecule has 3 aromatic rings. The molecule has 0 atom stereocenters. The minimum absolute atomic E-state index is 0. The van der Waals surface area contributed by atoms with E-state index in [4.69, 9.17) is 33.9 Å². The number of nitrogens with one attached hydrogen (secondary N) is 3. The fraction of sp³-hybridized carbons (Fsp3) is 0. The van der Waals surface area contributed by atoms with Crippen molar-refractivity contribution in [3.05, 3.63) is 70.9 Å². The van der Waals surface area contributed by atoms with E-state index in [-0.39, 0.29) is 24.1 Å². The Hall–Kier alpha value is -2.50. The van der Waals surface area contributed by atoms with Crippen molar-refractivity contribution < 1.29 is 0 Å². The summed E-state index contributed by atoms with van der Waals surface area (Å²) in [7, 11) is 0. The average molecular weight is 350 g/mol. The third-order valence-electron chi connectivity index (χ3n) is 3.03.